The van der Waals surface area contributed by atoms with Crippen molar-refractivity contribution < 1.29 is 4.92 Å². The van der Waals surface area contributed by atoms with Crippen LogP contribution in [-0.2, 0) is 10.5 Å². The number of anilines is 2. The third kappa shape index (κ3) is 3.66. The Morgan fingerprint density at radius 1 is 1.23 bits per heavy atom. The van der Waals surface area contributed by atoms with Crippen molar-refractivity contribution in [3.63, 3.8) is 0 Å². The molecular formula is C18H20ClN3O2S2. The Morgan fingerprint density at radius 3 is 2.65 bits per heavy atom. The second kappa shape index (κ2) is 8.06. The van der Waals surface area contributed by atoms with Crippen molar-refractivity contribution >= 4 is 52.3 Å². The van der Waals surface area contributed by atoms with Crippen LogP contribution in [0.1, 0.15) is 31.4 Å². The molecule has 0 unspecified atom stereocenters. The summed E-state index contributed by atoms with van der Waals surface area (Å²) in [7, 11) is 0. The van der Waals surface area contributed by atoms with E-state index in [0.717, 1.165) is 18.5 Å². The topological polar surface area (TPSA) is 68.1 Å². The second-order valence-electron chi connectivity index (χ2n) is 5.71. The highest BCUT2D eigenvalue weighted by Crippen LogP contribution is 2.59. The molecule has 1 aliphatic carbocycles. The first-order valence-corrected chi connectivity index (χ1v) is 10.9. The fraction of sp³-hybridized carbons (Fsp3) is 0.389. The van der Waals surface area contributed by atoms with E-state index in [4.69, 9.17) is 11.6 Å². The van der Waals surface area contributed by atoms with Gasteiger partial charge in [-0.05, 0) is 42.2 Å². The maximum Gasteiger partial charge on any atom is 0.311 e. The van der Waals surface area contributed by atoms with Crippen LogP contribution in [0.15, 0.2) is 30.3 Å². The summed E-state index contributed by atoms with van der Waals surface area (Å²) in [5.74, 6) is 2.57. The van der Waals surface area contributed by atoms with Gasteiger partial charge in [-0.15, -0.1) is 23.5 Å². The number of nitrogens with one attached hydrogen (secondary N) is 1. The molecule has 4 rings (SSSR count). The summed E-state index contributed by atoms with van der Waals surface area (Å²) >= 11 is 9.96. The third-order valence-electron chi connectivity index (χ3n) is 4.29. The summed E-state index contributed by atoms with van der Waals surface area (Å²) in [5.41, 5.74) is 3.43. The molecule has 26 heavy (non-hydrogen) atoms. The van der Waals surface area contributed by atoms with Crippen LogP contribution in [-0.4, -0.2) is 21.4 Å². The summed E-state index contributed by atoms with van der Waals surface area (Å²) < 4.78 is 0.216. The van der Waals surface area contributed by atoms with E-state index in [9.17, 15) is 10.1 Å². The zero-order chi connectivity index (χ0) is 18.7. The molecule has 8 heteroatoms. The minimum absolute atomic E-state index is 0.0849. The molecule has 5 nitrogen and oxygen atoms in total. The smallest absolute Gasteiger partial charge is 0.311 e. The van der Waals surface area contributed by atoms with E-state index in [0.29, 0.717) is 0 Å². The Bertz CT molecular complexity index is 826. The van der Waals surface area contributed by atoms with Crippen molar-refractivity contribution in [3.8, 4) is 0 Å². The minimum atomic E-state index is -0.459. The Morgan fingerprint density at radius 2 is 1.96 bits per heavy atom. The van der Waals surface area contributed by atoms with Gasteiger partial charge in [0.05, 0.1) is 9.00 Å². The summed E-state index contributed by atoms with van der Waals surface area (Å²) in [6.07, 6.45) is 2.19. The quantitative estimate of drug-likeness (QED) is 0.381. The molecule has 1 aliphatic heterocycles. The number of fused-ring (bicyclic) bond motifs is 2. The van der Waals surface area contributed by atoms with Gasteiger partial charge in [0.25, 0.3) is 0 Å². The molecule has 0 saturated carbocycles. The van der Waals surface area contributed by atoms with Crippen LogP contribution >= 0.6 is 35.1 Å². The summed E-state index contributed by atoms with van der Waals surface area (Å²) in [6, 6.07) is 8.98. The normalized spacial score (nSPS) is 16.7. The molecule has 2 heterocycles. The van der Waals surface area contributed by atoms with E-state index in [1.165, 1.54) is 34.8 Å². The van der Waals surface area contributed by atoms with Crippen LogP contribution < -0.4 is 5.32 Å². The van der Waals surface area contributed by atoms with Crippen LogP contribution in [0.5, 0.6) is 0 Å². The lowest BCUT2D eigenvalue weighted by atomic mass is 10.1. The van der Waals surface area contributed by atoms with Gasteiger partial charge < -0.3 is 5.32 Å². The van der Waals surface area contributed by atoms with Crippen molar-refractivity contribution in [1.29, 1.82) is 0 Å². The Hall–Kier alpha value is -1.44. The Labute approximate surface area is 166 Å². The highest BCUT2D eigenvalue weighted by atomic mass is 35.5. The number of hydrogen-bond acceptors (Lipinski definition) is 6. The van der Waals surface area contributed by atoms with Gasteiger partial charge in [0.15, 0.2) is 0 Å². The lowest BCUT2D eigenvalue weighted by Crippen LogP contribution is -2.09. The lowest BCUT2D eigenvalue weighted by molar-refractivity contribution is -0.384. The zero-order valence-corrected chi connectivity index (χ0v) is 17.0. The minimum Gasteiger partial charge on any atom is -0.334 e. The standard InChI is InChI=1S/C16H14ClN3O2S2.C2H6/c17-14-4-3-13(20(21)22)15(19-14)18-11-1-2-12-10(9-11)5-6-16(12)23-7-8-24-16;1-2/h1-4,9H,5-8H2,(H,18,19);1-2H3. The number of halogens is 1. The number of rotatable bonds is 3. The van der Waals surface area contributed by atoms with Crippen molar-refractivity contribution in [1.82, 2.24) is 4.98 Å². The van der Waals surface area contributed by atoms with E-state index in [1.54, 1.807) is 0 Å². The van der Waals surface area contributed by atoms with Gasteiger partial charge in [0, 0.05) is 23.3 Å². The van der Waals surface area contributed by atoms with Gasteiger partial charge >= 0.3 is 5.69 Å². The van der Waals surface area contributed by atoms with Crippen molar-refractivity contribution in [3.05, 3.63) is 56.7 Å². The maximum atomic E-state index is 11.2. The van der Waals surface area contributed by atoms with Crippen molar-refractivity contribution in [2.24, 2.45) is 0 Å². The van der Waals surface area contributed by atoms with E-state index < -0.39 is 4.92 Å². The first-order valence-electron chi connectivity index (χ1n) is 8.57. The summed E-state index contributed by atoms with van der Waals surface area (Å²) in [6.45, 7) is 4.00. The summed E-state index contributed by atoms with van der Waals surface area (Å²) in [5, 5.41) is 14.4. The number of nitrogens with zero attached hydrogens (tertiary/aromatic N) is 2. The Kier molecular flexibility index (Phi) is 5.99. The van der Waals surface area contributed by atoms with Crippen LogP contribution in [0, 0.1) is 10.1 Å². The predicted octanol–water partition coefficient (Wildman–Crippen LogP) is 5.99. The molecule has 0 atom stereocenters. The first-order chi connectivity index (χ1) is 12.6. The monoisotopic (exact) mass is 409 g/mol. The molecule has 1 fully saturated rings. The number of hydrogen-bond donors (Lipinski definition) is 1. The number of aryl methyl sites for hydroxylation is 1. The molecule has 1 N–H and O–H groups in total. The highest BCUT2D eigenvalue weighted by Gasteiger charge is 2.42. The average Bonchev–Trinajstić information content (AvgIpc) is 3.25. The van der Waals surface area contributed by atoms with Crippen molar-refractivity contribution in [2.75, 3.05) is 16.8 Å². The van der Waals surface area contributed by atoms with Crippen LogP contribution in [0.4, 0.5) is 17.2 Å². The fourth-order valence-electron chi connectivity index (χ4n) is 3.24. The molecule has 1 spiro atoms. The molecular weight excluding hydrogens is 390 g/mol. The van der Waals surface area contributed by atoms with Gasteiger partial charge in [0.2, 0.25) is 5.82 Å². The number of nitro groups is 1. The maximum absolute atomic E-state index is 11.2. The Balaban J connectivity index is 0.000000948. The molecule has 138 valence electrons. The molecule has 1 aromatic heterocycles. The van der Waals surface area contributed by atoms with E-state index >= 15 is 0 Å². The van der Waals surface area contributed by atoms with E-state index in [1.807, 2.05) is 43.4 Å². The van der Waals surface area contributed by atoms with Crippen LogP contribution in [0.3, 0.4) is 0 Å². The van der Waals surface area contributed by atoms with Gasteiger partial charge in [0.1, 0.15) is 5.15 Å². The van der Waals surface area contributed by atoms with E-state index in [2.05, 4.69) is 22.4 Å². The van der Waals surface area contributed by atoms with Crippen LogP contribution in [0.2, 0.25) is 5.15 Å². The predicted molar refractivity (Wildman–Crippen MR) is 112 cm³/mol. The lowest BCUT2D eigenvalue weighted by Gasteiger charge is -2.22. The average molecular weight is 410 g/mol. The van der Waals surface area contributed by atoms with E-state index in [-0.39, 0.29) is 20.7 Å². The number of thioether (sulfide) groups is 2. The van der Waals surface area contributed by atoms with Crippen molar-refractivity contribution in [2.45, 2.75) is 30.8 Å². The fourth-order valence-corrected chi connectivity index (χ4v) is 6.75. The summed E-state index contributed by atoms with van der Waals surface area (Å²) in [4.78, 5) is 14.8. The molecule has 1 aromatic carbocycles. The first kappa shape index (κ1) is 19.3. The molecule has 2 aliphatic rings. The van der Waals surface area contributed by atoms with Gasteiger partial charge in [-0.1, -0.05) is 31.5 Å². The zero-order valence-electron chi connectivity index (χ0n) is 14.6. The van der Waals surface area contributed by atoms with Gasteiger partial charge in [-0.25, -0.2) is 4.98 Å². The largest absolute Gasteiger partial charge is 0.334 e. The third-order valence-corrected chi connectivity index (χ3v) is 8.07. The molecule has 0 amide bonds. The molecule has 1 saturated heterocycles. The SMILES string of the molecule is CC.O=[N+]([O-])c1ccc(Cl)nc1Nc1ccc2c(c1)CCC21SCCS1. The van der Waals surface area contributed by atoms with Crippen LogP contribution in [0.25, 0.3) is 0 Å². The number of pyridine rings is 1. The number of benzene rings is 1. The number of aromatic nitrogens is 1. The molecule has 0 bridgehead atoms. The molecule has 0 radical (unpaired) electrons. The van der Waals surface area contributed by atoms with Gasteiger partial charge in [-0.3, -0.25) is 10.1 Å². The van der Waals surface area contributed by atoms with Gasteiger partial charge in [-0.2, -0.15) is 0 Å². The highest BCUT2D eigenvalue weighted by molar-refractivity contribution is 8.20. The second-order valence-corrected chi connectivity index (χ2v) is 9.14. The molecule has 2 aromatic rings.